The highest BCUT2D eigenvalue weighted by atomic mass is 35.5. The number of ether oxygens (including phenoxy) is 2. The summed E-state index contributed by atoms with van der Waals surface area (Å²) in [5.41, 5.74) is 1.15. The summed E-state index contributed by atoms with van der Waals surface area (Å²) >= 11 is 5.96. The van der Waals surface area contributed by atoms with Gasteiger partial charge in [-0.25, -0.2) is 4.79 Å². The van der Waals surface area contributed by atoms with E-state index in [-0.39, 0.29) is 26.2 Å². The summed E-state index contributed by atoms with van der Waals surface area (Å²) < 4.78 is 17.1. The monoisotopic (exact) mass is 361 g/mol. The Morgan fingerprint density at radius 3 is 2.68 bits per heavy atom. The molecule has 0 fully saturated rings. The summed E-state index contributed by atoms with van der Waals surface area (Å²) in [7, 11) is 0. The van der Waals surface area contributed by atoms with Crippen LogP contribution in [0.2, 0.25) is 5.02 Å². The molecule has 0 atom stereocenters. The molecule has 6 nitrogen and oxygen atoms in total. The second-order valence-electron chi connectivity index (χ2n) is 5.24. The Hall–Kier alpha value is -2.73. The SMILES string of the molecule is O=C(CCn1c(=O)oc2ccccc21)OCCOc1ccccc1Cl. The minimum atomic E-state index is -0.490. The molecule has 3 aromatic rings. The van der Waals surface area contributed by atoms with Crippen molar-refractivity contribution in [2.45, 2.75) is 13.0 Å². The van der Waals surface area contributed by atoms with Gasteiger partial charge in [0, 0.05) is 6.54 Å². The quantitative estimate of drug-likeness (QED) is 0.477. The van der Waals surface area contributed by atoms with E-state index in [4.69, 9.17) is 25.5 Å². The predicted octanol–water partition coefficient (Wildman–Crippen LogP) is 3.26. The number of fused-ring (bicyclic) bond motifs is 1. The van der Waals surface area contributed by atoms with E-state index in [1.165, 1.54) is 4.57 Å². The van der Waals surface area contributed by atoms with E-state index in [1.54, 1.807) is 48.5 Å². The maximum absolute atomic E-state index is 11.8. The fourth-order valence-corrected chi connectivity index (χ4v) is 2.56. The van der Waals surface area contributed by atoms with E-state index in [0.29, 0.717) is 21.9 Å². The van der Waals surface area contributed by atoms with Gasteiger partial charge in [-0.15, -0.1) is 0 Å². The Balaban J connectivity index is 1.46. The van der Waals surface area contributed by atoms with Crippen LogP contribution in [0.15, 0.2) is 57.7 Å². The second-order valence-corrected chi connectivity index (χ2v) is 5.64. The van der Waals surface area contributed by atoms with Gasteiger partial charge in [0.05, 0.1) is 17.0 Å². The average molecular weight is 362 g/mol. The molecule has 0 saturated heterocycles. The molecule has 0 unspecified atom stereocenters. The lowest BCUT2D eigenvalue weighted by molar-refractivity contribution is -0.144. The van der Waals surface area contributed by atoms with Crippen molar-refractivity contribution in [1.82, 2.24) is 4.57 Å². The van der Waals surface area contributed by atoms with Crippen molar-refractivity contribution in [3.63, 3.8) is 0 Å². The van der Waals surface area contributed by atoms with Crippen molar-refractivity contribution < 1.29 is 18.7 Å². The van der Waals surface area contributed by atoms with Gasteiger partial charge in [0.15, 0.2) is 5.58 Å². The zero-order valence-corrected chi connectivity index (χ0v) is 14.1. The molecular weight excluding hydrogens is 346 g/mol. The third-order valence-corrected chi connectivity index (χ3v) is 3.87. The van der Waals surface area contributed by atoms with Crippen LogP contribution in [0.4, 0.5) is 0 Å². The zero-order chi connectivity index (χ0) is 17.6. The molecule has 0 saturated carbocycles. The van der Waals surface area contributed by atoms with Crippen LogP contribution >= 0.6 is 11.6 Å². The summed E-state index contributed by atoms with van der Waals surface area (Å²) in [6.45, 7) is 0.495. The number of nitrogens with zero attached hydrogens (tertiary/aromatic N) is 1. The molecular formula is C18H16ClNO5. The van der Waals surface area contributed by atoms with E-state index in [1.807, 2.05) is 0 Å². The molecule has 7 heteroatoms. The first-order chi connectivity index (χ1) is 12.1. The lowest BCUT2D eigenvalue weighted by Crippen LogP contribution is -2.18. The normalized spacial score (nSPS) is 10.8. The fraction of sp³-hybridized carbons (Fsp3) is 0.222. The van der Waals surface area contributed by atoms with Crippen LogP contribution in [0, 0.1) is 0 Å². The van der Waals surface area contributed by atoms with Crippen molar-refractivity contribution in [2.24, 2.45) is 0 Å². The van der Waals surface area contributed by atoms with Gasteiger partial charge in [-0.05, 0) is 24.3 Å². The maximum Gasteiger partial charge on any atom is 0.419 e. The molecule has 0 bridgehead atoms. The highest BCUT2D eigenvalue weighted by Crippen LogP contribution is 2.22. The molecule has 0 aliphatic heterocycles. The molecule has 1 aromatic heterocycles. The van der Waals surface area contributed by atoms with E-state index in [9.17, 15) is 9.59 Å². The first-order valence-corrected chi connectivity index (χ1v) is 8.14. The number of halogens is 1. The van der Waals surface area contributed by atoms with E-state index in [2.05, 4.69) is 0 Å². The Morgan fingerprint density at radius 2 is 1.84 bits per heavy atom. The number of hydrogen-bond acceptors (Lipinski definition) is 5. The number of carbonyl (C=O) groups is 1. The van der Waals surface area contributed by atoms with Crippen LogP contribution in [-0.4, -0.2) is 23.8 Å². The molecule has 0 spiro atoms. The van der Waals surface area contributed by atoms with Crippen molar-refractivity contribution >= 4 is 28.7 Å². The summed E-state index contributed by atoms with van der Waals surface area (Å²) in [5, 5.41) is 0.500. The van der Waals surface area contributed by atoms with Gasteiger partial charge in [-0.2, -0.15) is 0 Å². The fourth-order valence-electron chi connectivity index (χ4n) is 2.37. The van der Waals surface area contributed by atoms with Crippen LogP contribution < -0.4 is 10.5 Å². The van der Waals surface area contributed by atoms with Gasteiger partial charge in [0.1, 0.15) is 19.0 Å². The van der Waals surface area contributed by atoms with Gasteiger partial charge in [0.2, 0.25) is 0 Å². The van der Waals surface area contributed by atoms with Gasteiger partial charge < -0.3 is 13.9 Å². The Morgan fingerprint density at radius 1 is 1.08 bits per heavy atom. The molecule has 0 aliphatic carbocycles. The number of benzene rings is 2. The summed E-state index contributed by atoms with van der Waals surface area (Å²) in [4.78, 5) is 23.6. The Kier molecular flexibility index (Phi) is 5.40. The molecule has 1 heterocycles. The average Bonchev–Trinajstić information content (AvgIpc) is 2.93. The number of oxazole rings is 1. The number of rotatable bonds is 7. The minimum Gasteiger partial charge on any atom is -0.488 e. The van der Waals surface area contributed by atoms with Gasteiger partial charge in [-0.3, -0.25) is 9.36 Å². The van der Waals surface area contributed by atoms with Crippen LogP contribution in [-0.2, 0) is 16.1 Å². The van der Waals surface area contributed by atoms with Gasteiger partial charge in [0.25, 0.3) is 0 Å². The first-order valence-electron chi connectivity index (χ1n) is 7.76. The number of esters is 1. The van der Waals surface area contributed by atoms with Crippen LogP contribution in [0.3, 0.4) is 0 Å². The molecule has 0 amide bonds. The summed E-state index contributed by atoms with van der Waals surface area (Å²) in [5.74, 6) is -0.368. The highest BCUT2D eigenvalue weighted by molar-refractivity contribution is 6.32. The number of aromatic nitrogens is 1. The van der Waals surface area contributed by atoms with Gasteiger partial charge >= 0.3 is 11.7 Å². The molecule has 3 rings (SSSR count). The lowest BCUT2D eigenvalue weighted by atomic mass is 10.3. The first kappa shape index (κ1) is 17.1. The maximum atomic E-state index is 11.8. The number of para-hydroxylation sites is 3. The predicted molar refractivity (Wildman–Crippen MR) is 93.0 cm³/mol. The molecule has 25 heavy (non-hydrogen) atoms. The standard InChI is InChI=1S/C18H16ClNO5/c19-13-5-1-3-7-15(13)23-11-12-24-17(21)9-10-20-14-6-2-4-8-16(14)25-18(20)22/h1-8H,9-12H2. The van der Waals surface area contributed by atoms with Crippen LogP contribution in [0.1, 0.15) is 6.42 Å². The second kappa shape index (κ2) is 7.90. The van der Waals surface area contributed by atoms with Crippen molar-refractivity contribution in [2.75, 3.05) is 13.2 Å². The van der Waals surface area contributed by atoms with E-state index in [0.717, 1.165) is 0 Å². The number of hydrogen-bond donors (Lipinski definition) is 0. The number of aryl methyl sites for hydroxylation is 1. The van der Waals surface area contributed by atoms with Crippen LogP contribution in [0.25, 0.3) is 11.1 Å². The van der Waals surface area contributed by atoms with Crippen molar-refractivity contribution in [1.29, 1.82) is 0 Å². The molecule has 0 aliphatic rings. The zero-order valence-electron chi connectivity index (χ0n) is 13.3. The van der Waals surface area contributed by atoms with E-state index >= 15 is 0 Å². The van der Waals surface area contributed by atoms with Crippen molar-refractivity contribution in [3.05, 3.63) is 64.1 Å². The lowest BCUT2D eigenvalue weighted by Gasteiger charge is -2.08. The third kappa shape index (κ3) is 4.22. The Labute approximate surface area is 148 Å². The minimum absolute atomic E-state index is 0.0650. The number of carbonyl (C=O) groups excluding carboxylic acids is 1. The highest BCUT2D eigenvalue weighted by Gasteiger charge is 2.11. The van der Waals surface area contributed by atoms with Crippen LogP contribution in [0.5, 0.6) is 5.75 Å². The summed E-state index contributed by atoms with van der Waals surface area (Å²) in [6, 6.07) is 14.1. The third-order valence-electron chi connectivity index (χ3n) is 3.55. The Bertz CT molecular complexity index is 930. The summed E-state index contributed by atoms with van der Waals surface area (Å²) in [6.07, 6.45) is 0.0650. The van der Waals surface area contributed by atoms with E-state index < -0.39 is 11.7 Å². The molecule has 0 radical (unpaired) electrons. The largest absolute Gasteiger partial charge is 0.488 e. The molecule has 2 aromatic carbocycles. The van der Waals surface area contributed by atoms with Gasteiger partial charge in [-0.1, -0.05) is 35.9 Å². The smallest absolute Gasteiger partial charge is 0.419 e. The molecule has 130 valence electrons. The topological polar surface area (TPSA) is 70.7 Å². The molecule has 0 N–H and O–H groups in total. The van der Waals surface area contributed by atoms with Crippen molar-refractivity contribution in [3.8, 4) is 5.75 Å².